The third kappa shape index (κ3) is 4.37. The summed E-state index contributed by atoms with van der Waals surface area (Å²) in [5, 5.41) is 4.94. The standard InChI is InChI=1S/C21H21N3O3S/c22-19(25)18(20(26)24-21(23)27)15(11-10-13-6-2-1-3-7-13)16-12-28-17-9-5-4-8-14(16)17/h1-9,12,15,18H,10-11H2,(H2,22,25)(H3,23,24,26,27). The molecule has 0 saturated heterocycles. The summed E-state index contributed by atoms with van der Waals surface area (Å²) < 4.78 is 1.06. The molecular formula is C21H21N3O3S. The van der Waals surface area contributed by atoms with E-state index in [0.29, 0.717) is 12.8 Å². The number of hydrogen-bond donors (Lipinski definition) is 3. The van der Waals surface area contributed by atoms with Gasteiger partial charge < -0.3 is 11.5 Å². The summed E-state index contributed by atoms with van der Waals surface area (Å²) in [5.74, 6) is -3.23. The Labute approximate surface area is 166 Å². The van der Waals surface area contributed by atoms with Crippen LogP contribution in [0.5, 0.6) is 0 Å². The fourth-order valence-electron chi connectivity index (χ4n) is 3.46. The van der Waals surface area contributed by atoms with Gasteiger partial charge in [-0.25, -0.2) is 4.79 Å². The average Bonchev–Trinajstić information content (AvgIpc) is 3.08. The van der Waals surface area contributed by atoms with Crippen LogP contribution in [0.1, 0.15) is 23.5 Å². The van der Waals surface area contributed by atoms with Gasteiger partial charge in [-0.05, 0) is 40.8 Å². The van der Waals surface area contributed by atoms with Crippen LogP contribution >= 0.6 is 11.3 Å². The maximum absolute atomic E-state index is 12.6. The Kier molecular flexibility index (Phi) is 6.06. The predicted octanol–water partition coefficient (Wildman–Crippen LogP) is 2.91. The lowest BCUT2D eigenvalue weighted by Gasteiger charge is -2.24. The van der Waals surface area contributed by atoms with Crippen molar-refractivity contribution in [3.63, 3.8) is 0 Å². The third-order valence-corrected chi connectivity index (χ3v) is 5.72. The topological polar surface area (TPSA) is 115 Å². The van der Waals surface area contributed by atoms with Crippen molar-refractivity contribution in [2.24, 2.45) is 17.4 Å². The Morgan fingerprint density at radius 2 is 1.64 bits per heavy atom. The summed E-state index contributed by atoms with van der Waals surface area (Å²) in [6.07, 6.45) is 1.17. The van der Waals surface area contributed by atoms with Crippen LogP contribution in [0.2, 0.25) is 0 Å². The molecule has 0 saturated carbocycles. The van der Waals surface area contributed by atoms with Crippen LogP contribution in [0.3, 0.4) is 0 Å². The largest absolute Gasteiger partial charge is 0.369 e. The number of rotatable bonds is 7. The van der Waals surface area contributed by atoms with Crippen LogP contribution in [-0.2, 0) is 16.0 Å². The Hall–Kier alpha value is -3.19. The number of carbonyl (C=O) groups is 3. The molecule has 0 bridgehead atoms. The van der Waals surface area contributed by atoms with Crippen molar-refractivity contribution in [1.82, 2.24) is 5.32 Å². The number of imide groups is 1. The molecule has 2 atom stereocenters. The minimum atomic E-state index is -1.20. The molecule has 0 aliphatic heterocycles. The van der Waals surface area contributed by atoms with Crippen LogP contribution in [-0.4, -0.2) is 17.8 Å². The highest BCUT2D eigenvalue weighted by Gasteiger charge is 2.36. The highest BCUT2D eigenvalue weighted by atomic mass is 32.1. The first-order chi connectivity index (χ1) is 13.5. The number of thiophene rings is 1. The van der Waals surface area contributed by atoms with Gasteiger partial charge in [-0.1, -0.05) is 48.5 Å². The van der Waals surface area contributed by atoms with Crippen molar-refractivity contribution in [2.45, 2.75) is 18.8 Å². The Morgan fingerprint density at radius 3 is 2.32 bits per heavy atom. The van der Waals surface area contributed by atoms with Gasteiger partial charge in [-0.3, -0.25) is 14.9 Å². The highest BCUT2D eigenvalue weighted by molar-refractivity contribution is 7.17. The van der Waals surface area contributed by atoms with Crippen molar-refractivity contribution in [3.05, 3.63) is 71.1 Å². The van der Waals surface area contributed by atoms with Gasteiger partial charge in [0.25, 0.3) is 0 Å². The van der Waals surface area contributed by atoms with E-state index in [2.05, 4.69) is 0 Å². The molecule has 3 aromatic rings. The van der Waals surface area contributed by atoms with Gasteiger partial charge in [0.1, 0.15) is 5.92 Å². The summed E-state index contributed by atoms with van der Waals surface area (Å²) in [5.41, 5.74) is 12.6. The zero-order chi connectivity index (χ0) is 20.1. The number of urea groups is 1. The number of carbonyl (C=O) groups excluding carboxylic acids is 3. The lowest BCUT2D eigenvalue weighted by Crippen LogP contribution is -2.46. The molecule has 3 rings (SSSR count). The molecular weight excluding hydrogens is 374 g/mol. The number of amides is 4. The Morgan fingerprint density at radius 1 is 0.964 bits per heavy atom. The smallest absolute Gasteiger partial charge is 0.318 e. The van der Waals surface area contributed by atoms with Gasteiger partial charge in [0.2, 0.25) is 11.8 Å². The van der Waals surface area contributed by atoms with Crippen molar-refractivity contribution in [2.75, 3.05) is 0 Å². The molecule has 0 fully saturated rings. The number of benzene rings is 2. The fourth-order valence-corrected chi connectivity index (χ4v) is 4.49. The van der Waals surface area contributed by atoms with Gasteiger partial charge in [0.05, 0.1) is 0 Å². The number of primary amides is 2. The van der Waals surface area contributed by atoms with E-state index in [4.69, 9.17) is 11.5 Å². The maximum Gasteiger partial charge on any atom is 0.318 e. The SMILES string of the molecule is NC(=O)NC(=O)C(C(N)=O)C(CCc1ccccc1)c1csc2ccccc12. The van der Waals surface area contributed by atoms with E-state index in [-0.39, 0.29) is 0 Å². The summed E-state index contributed by atoms with van der Waals surface area (Å²) in [7, 11) is 0. The van der Waals surface area contributed by atoms with E-state index >= 15 is 0 Å². The molecule has 144 valence electrons. The van der Waals surface area contributed by atoms with Crippen molar-refractivity contribution in [1.29, 1.82) is 0 Å². The van der Waals surface area contributed by atoms with Gasteiger partial charge in [-0.15, -0.1) is 11.3 Å². The molecule has 0 radical (unpaired) electrons. The average molecular weight is 395 g/mol. The van der Waals surface area contributed by atoms with Gasteiger partial charge in [0, 0.05) is 10.6 Å². The Bertz CT molecular complexity index is 1000. The zero-order valence-corrected chi connectivity index (χ0v) is 15.9. The molecule has 1 aromatic heterocycles. The highest BCUT2D eigenvalue weighted by Crippen LogP contribution is 2.38. The molecule has 4 amide bonds. The van der Waals surface area contributed by atoms with Gasteiger partial charge in [0.15, 0.2) is 0 Å². The number of hydrogen-bond acceptors (Lipinski definition) is 4. The Balaban J connectivity index is 2.00. The van der Waals surface area contributed by atoms with Gasteiger partial charge in [-0.2, -0.15) is 0 Å². The molecule has 6 nitrogen and oxygen atoms in total. The molecule has 0 spiro atoms. The van der Waals surface area contributed by atoms with E-state index in [1.165, 1.54) is 0 Å². The second kappa shape index (κ2) is 8.67. The molecule has 1 heterocycles. The normalized spacial score (nSPS) is 13.0. The second-order valence-corrected chi connectivity index (χ2v) is 7.46. The second-order valence-electron chi connectivity index (χ2n) is 6.55. The van der Waals surface area contributed by atoms with Crippen LogP contribution in [0.25, 0.3) is 10.1 Å². The molecule has 28 heavy (non-hydrogen) atoms. The van der Waals surface area contributed by atoms with Crippen molar-refractivity contribution >= 4 is 39.3 Å². The summed E-state index contributed by atoms with van der Waals surface area (Å²) in [6.45, 7) is 0. The first-order valence-corrected chi connectivity index (χ1v) is 9.75. The number of nitrogens with one attached hydrogen (secondary N) is 1. The van der Waals surface area contributed by atoms with E-state index in [1.54, 1.807) is 11.3 Å². The maximum atomic E-state index is 12.6. The third-order valence-electron chi connectivity index (χ3n) is 4.74. The molecule has 0 aliphatic rings. The van der Waals surface area contributed by atoms with E-state index in [0.717, 1.165) is 21.2 Å². The lowest BCUT2D eigenvalue weighted by atomic mass is 9.80. The molecule has 7 heteroatoms. The van der Waals surface area contributed by atoms with Crippen LogP contribution in [0.15, 0.2) is 60.0 Å². The van der Waals surface area contributed by atoms with Crippen LogP contribution < -0.4 is 16.8 Å². The van der Waals surface area contributed by atoms with E-state index in [9.17, 15) is 14.4 Å². The number of fused-ring (bicyclic) bond motifs is 1. The van der Waals surface area contributed by atoms with Crippen LogP contribution in [0.4, 0.5) is 4.79 Å². The summed E-state index contributed by atoms with van der Waals surface area (Å²) in [4.78, 5) is 36.0. The van der Waals surface area contributed by atoms with Crippen LogP contribution in [0, 0.1) is 5.92 Å². The lowest BCUT2D eigenvalue weighted by molar-refractivity contribution is -0.133. The first-order valence-electron chi connectivity index (χ1n) is 8.87. The summed E-state index contributed by atoms with van der Waals surface area (Å²) in [6, 6.07) is 16.6. The first kappa shape index (κ1) is 19.6. The van der Waals surface area contributed by atoms with Crippen molar-refractivity contribution in [3.8, 4) is 0 Å². The molecule has 2 unspecified atom stereocenters. The van der Waals surface area contributed by atoms with E-state index < -0.39 is 29.7 Å². The molecule has 0 aliphatic carbocycles. The number of aryl methyl sites for hydroxylation is 1. The van der Waals surface area contributed by atoms with Gasteiger partial charge >= 0.3 is 6.03 Å². The zero-order valence-electron chi connectivity index (χ0n) is 15.1. The monoisotopic (exact) mass is 395 g/mol. The fraction of sp³-hybridized carbons (Fsp3) is 0.190. The van der Waals surface area contributed by atoms with E-state index in [1.807, 2.05) is 65.3 Å². The number of nitrogens with two attached hydrogens (primary N) is 2. The van der Waals surface area contributed by atoms with Crippen molar-refractivity contribution < 1.29 is 14.4 Å². The minimum absolute atomic E-state index is 0.479. The minimum Gasteiger partial charge on any atom is -0.369 e. The predicted molar refractivity (Wildman–Crippen MR) is 110 cm³/mol. The molecule has 5 N–H and O–H groups in total. The quantitative estimate of drug-likeness (QED) is 0.534. The summed E-state index contributed by atoms with van der Waals surface area (Å²) >= 11 is 1.54. The molecule has 2 aromatic carbocycles.